The minimum absolute atomic E-state index is 0.417. The van der Waals surface area contributed by atoms with E-state index in [0.29, 0.717) is 5.92 Å². The highest BCUT2D eigenvalue weighted by Gasteiger charge is 2.45. The number of nitrogens with two attached hydrogens (primary N) is 2. The van der Waals surface area contributed by atoms with Gasteiger partial charge in [0, 0.05) is 0 Å². The van der Waals surface area contributed by atoms with Gasteiger partial charge in [0.1, 0.15) is 0 Å². The SMILES string of the molecule is CC(N)(N)C1CC2CCC1C2. The summed E-state index contributed by atoms with van der Waals surface area (Å²) in [5, 5.41) is 0. The van der Waals surface area contributed by atoms with Gasteiger partial charge in [-0.05, 0) is 43.9 Å². The lowest BCUT2D eigenvalue weighted by molar-refractivity contribution is 0.208. The van der Waals surface area contributed by atoms with Crippen molar-refractivity contribution in [1.29, 1.82) is 0 Å². The Morgan fingerprint density at radius 2 is 1.91 bits per heavy atom. The zero-order valence-electron chi connectivity index (χ0n) is 7.22. The van der Waals surface area contributed by atoms with Gasteiger partial charge in [-0.2, -0.15) is 0 Å². The normalized spacial score (nSPS) is 43.4. The molecule has 2 rings (SSSR count). The monoisotopic (exact) mass is 154 g/mol. The van der Waals surface area contributed by atoms with Crippen molar-refractivity contribution in [1.82, 2.24) is 0 Å². The van der Waals surface area contributed by atoms with Crippen LogP contribution in [-0.4, -0.2) is 5.66 Å². The maximum atomic E-state index is 5.91. The Kier molecular flexibility index (Phi) is 1.52. The molecule has 11 heavy (non-hydrogen) atoms. The van der Waals surface area contributed by atoms with Crippen LogP contribution < -0.4 is 11.5 Å². The zero-order chi connectivity index (χ0) is 8.06. The third kappa shape index (κ3) is 1.18. The molecule has 0 aromatic rings. The van der Waals surface area contributed by atoms with Crippen molar-refractivity contribution in [3.63, 3.8) is 0 Å². The third-order valence-corrected chi connectivity index (χ3v) is 3.54. The van der Waals surface area contributed by atoms with E-state index >= 15 is 0 Å². The second-order valence-corrected chi connectivity index (χ2v) is 4.65. The fourth-order valence-corrected chi connectivity index (χ4v) is 3.01. The fourth-order valence-electron chi connectivity index (χ4n) is 3.01. The van der Waals surface area contributed by atoms with Gasteiger partial charge in [0.25, 0.3) is 0 Å². The summed E-state index contributed by atoms with van der Waals surface area (Å²) < 4.78 is 0. The highest BCUT2D eigenvalue weighted by atomic mass is 15.0. The zero-order valence-corrected chi connectivity index (χ0v) is 7.22. The van der Waals surface area contributed by atoms with Gasteiger partial charge in [-0.25, -0.2) is 0 Å². The van der Waals surface area contributed by atoms with E-state index in [1.165, 1.54) is 25.7 Å². The van der Waals surface area contributed by atoms with Crippen LogP contribution in [0, 0.1) is 17.8 Å². The number of fused-ring (bicyclic) bond motifs is 2. The number of hydrogen-bond donors (Lipinski definition) is 2. The molecule has 4 N–H and O–H groups in total. The second kappa shape index (κ2) is 2.20. The Balaban J connectivity index is 2.08. The molecule has 2 aliphatic carbocycles. The molecule has 0 amide bonds. The molecule has 0 radical (unpaired) electrons. The van der Waals surface area contributed by atoms with Crippen molar-refractivity contribution in [2.24, 2.45) is 29.2 Å². The van der Waals surface area contributed by atoms with E-state index in [9.17, 15) is 0 Å². The molecule has 2 nitrogen and oxygen atoms in total. The Labute approximate surface area is 68.3 Å². The smallest absolute Gasteiger partial charge is 0.0639 e. The Bertz CT molecular complexity index is 159. The van der Waals surface area contributed by atoms with Crippen LogP contribution in [0.5, 0.6) is 0 Å². The predicted molar refractivity (Wildman–Crippen MR) is 45.7 cm³/mol. The summed E-state index contributed by atoms with van der Waals surface area (Å²) in [5.74, 6) is 2.40. The highest BCUT2D eigenvalue weighted by molar-refractivity contribution is 4.97. The maximum Gasteiger partial charge on any atom is 0.0639 e. The molecule has 0 spiro atoms. The number of hydrogen-bond acceptors (Lipinski definition) is 2. The van der Waals surface area contributed by atoms with Crippen LogP contribution in [0.2, 0.25) is 0 Å². The van der Waals surface area contributed by atoms with Crippen LogP contribution in [0.3, 0.4) is 0 Å². The first kappa shape index (κ1) is 7.56. The van der Waals surface area contributed by atoms with Gasteiger partial charge in [-0.1, -0.05) is 6.42 Å². The Morgan fingerprint density at radius 1 is 1.18 bits per heavy atom. The molecule has 2 aliphatic rings. The van der Waals surface area contributed by atoms with E-state index in [0.717, 1.165) is 11.8 Å². The van der Waals surface area contributed by atoms with Crippen molar-refractivity contribution < 1.29 is 0 Å². The van der Waals surface area contributed by atoms with Gasteiger partial charge in [0.05, 0.1) is 5.66 Å². The average molecular weight is 154 g/mol. The van der Waals surface area contributed by atoms with Crippen LogP contribution in [0.1, 0.15) is 32.6 Å². The van der Waals surface area contributed by atoms with Crippen LogP contribution in [0.4, 0.5) is 0 Å². The summed E-state index contributed by atoms with van der Waals surface area (Å²) in [6, 6.07) is 0. The molecule has 2 fully saturated rings. The number of rotatable bonds is 1. The first-order valence-corrected chi connectivity index (χ1v) is 4.65. The molecule has 0 aromatic heterocycles. The summed E-state index contributed by atoms with van der Waals surface area (Å²) in [7, 11) is 0. The van der Waals surface area contributed by atoms with Crippen molar-refractivity contribution in [3.8, 4) is 0 Å². The van der Waals surface area contributed by atoms with Crippen LogP contribution in [0.25, 0.3) is 0 Å². The molecule has 0 saturated heterocycles. The molecule has 64 valence electrons. The molecule has 2 bridgehead atoms. The molecule has 0 aliphatic heterocycles. The summed E-state index contributed by atoms with van der Waals surface area (Å²) in [6.07, 6.45) is 5.49. The molecular weight excluding hydrogens is 136 g/mol. The van der Waals surface area contributed by atoms with Crippen molar-refractivity contribution in [2.45, 2.75) is 38.3 Å². The van der Waals surface area contributed by atoms with Crippen molar-refractivity contribution >= 4 is 0 Å². The van der Waals surface area contributed by atoms with Crippen LogP contribution in [-0.2, 0) is 0 Å². The van der Waals surface area contributed by atoms with E-state index in [-0.39, 0.29) is 0 Å². The lowest BCUT2D eigenvalue weighted by Crippen LogP contribution is -2.54. The predicted octanol–water partition coefficient (Wildman–Crippen LogP) is 1.06. The lowest BCUT2D eigenvalue weighted by atomic mass is 9.81. The minimum Gasteiger partial charge on any atom is -0.313 e. The van der Waals surface area contributed by atoms with Gasteiger partial charge >= 0.3 is 0 Å². The largest absolute Gasteiger partial charge is 0.313 e. The van der Waals surface area contributed by atoms with Gasteiger partial charge in [0.2, 0.25) is 0 Å². The summed E-state index contributed by atoms with van der Waals surface area (Å²) in [5.41, 5.74) is 11.4. The first-order chi connectivity index (χ1) is 5.07. The van der Waals surface area contributed by atoms with E-state index < -0.39 is 5.66 Å². The highest BCUT2D eigenvalue weighted by Crippen LogP contribution is 2.50. The van der Waals surface area contributed by atoms with Gasteiger partial charge in [-0.15, -0.1) is 0 Å². The standard InChI is InChI=1S/C9H18N2/c1-9(10,11)8-5-6-2-3-7(8)4-6/h6-8H,2-5,10-11H2,1H3. The third-order valence-electron chi connectivity index (χ3n) is 3.54. The van der Waals surface area contributed by atoms with E-state index in [4.69, 9.17) is 11.5 Å². The van der Waals surface area contributed by atoms with E-state index in [1.54, 1.807) is 0 Å². The lowest BCUT2D eigenvalue weighted by Gasteiger charge is -2.33. The molecule has 0 heterocycles. The molecule has 2 saturated carbocycles. The minimum atomic E-state index is -0.417. The van der Waals surface area contributed by atoms with Gasteiger partial charge in [-0.3, -0.25) is 0 Å². The van der Waals surface area contributed by atoms with Gasteiger partial charge in [0.15, 0.2) is 0 Å². The summed E-state index contributed by atoms with van der Waals surface area (Å²) >= 11 is 0. The molecule has 2 heteroatoms. The van der Waals surface area contributed by atoms with Crippen LogP contribution in [0.15, 0.2) is 0 Å². The summed E-state index contributed by atoms with van der Waals surface area (Å²) in [4.78, 5) is 0. The van der Waals surface area contributed by atoms with Crippen LogP contribution >= 0.6 is 0 Å². The molecule has 3 unspecified atom stereocenters. The molecular formula is C9H18N2. The van der Waals surface area contributed by atoms with E-state index in [1.807, 2.05) is 6.92 Å². The topological polar surface area (TPSA) is 52.0 Å². The average Bonchev–Trinajstić information content (AvgIpc) is 2.42. The quantitative estimate of drug-likeness (QED) is 0.555. The summed E-state index contributed by atoms with van der Waals surface area (Å²) in [6.45, 7) is 1.97. The fraction of sp³-hybridized carbons (Fsp3) is 1.00. The van der Waals surface area contributed by atoms with Gasteiger partial charge < -0.3 is 11.5 Å². The maximum absolute atomic E-state index is 5.91. The Hall–Kier alpha value is -0.0800. The van der Waals surface area contributed by atoms with Crippen molar-refractivity contribution in [2.75, 3.05) is 0 Å². The molecule has 3 atom stereocenters. The second-order valence-electron chi connectivity index (χ2n) is 4.65. The van der Waals surface area contributed by atoms with Crippen molar-refractivity contribution in [3.05, 3.63) is 0 Å². The van der Waals surface area contributed by atoms with E-state index in [2.05, 4.69) is 0 Å². The first-order valence-electron chi connectivity index (χ1n) is 4.65. The Morgan fingerprint density at radius 3 is 2.18 bits per heavy atom. The molecule has 0 aromatic carbocycles.